The van der Waals surface area contributed by atoms with Crippen LogP contribution >= 0.6 is 11.6 Å². The van der Waals surface area contributed by atoms with E-state index >= 15 is 0 Å². The van der Waals surface area contributed by atoms with E-state index in [1.165, 1.54) is 25.3 Å². The van der Waals surface area contributed by atoms with Crippen LogP contribution in [-0.2, 0) is 11.0 Å². The summed E-state index contributed by atoms with van der Waals surface area (Å²) in [6, 6.07) is 4.84. The van der Waals surface area contributed by atoms with Gasteiger partial charge in [0.25, 0.3) is 0 Å². The average Bonchev–Trinajstić information content (AvgIpc) is 3.15. The molecule has 2 rings (SSSR count). The Labute approximate surface area is 186 Å². The van der Waals surface area contributed by atoms with Gasteiger partial charge in [-0.3, -0.25) is 0 Å². The maximum Gasteiger partial charge on any atom is 0.435 e. The van der Waals surface area contributed by atoms with Crippen molar-refractivity contribution in [3.8, 4) is 5.69 Å². The summed E-state index contributed by atoms with van der Waals surface area (Å²) in [5.74, 6) is -2.03. The van der Waals surface area contributed by atoms with Crippen molar-refractivity contribution in [2.75, 3.05) is 7.05 Å². The van der Waals surface area contributed by atoms with Crippen molar-refractivity contribution in [1.82, 2.24) is 15.3 Å². The molecule has 0 aliphatic heterocycles. The molecule has 32 heavy (non-hydrogen) atoms. The number of nitrogens with two attached hydrogens (primary N) is 1. The molecule has 0 amide bonds. The van der Waals surface area contributed by atoms with E-state index in [-0.39, 0.29) is 22.0 Å². The number of benzene rings is 1. The molecule has 0 aliphatic rings. The zero-order valence-corrected chi connectivity index (χ0v) is 17.9. The van der Waals surface area contributed by atoms with Gasteiger partial charge in [0.1, 0.15) is 11.6 Å². The Hall–Kier alpha value is -3.11. The van der Waals surface area contributed by atoms with Crippen LogP contribution in [0.3, 0.4) is 0 Å². The van der Waals surface area contributed by atoms with Crippen molar-refractivity contribution < 1.29 is 26.8 Å². The van der Waals surface area contributed by atoms with Crippen molar-refractivity contribution in [2.45, 2.75) is 19.5 Å². The summed E-state index contributed by atoms with van der Waals surface area (Å²) in [6.07, 6.45) is -1.39. The van der Waals surface area contributed by atoms with E-state index in [0.717, 1.165) is 23.0 Å². The van der Waals surface area contributed by atoms with Crippen molar-refractivity contribution in [3.63, 3.8) is 0 Å². The largest absolute Gasteiger partial charge is 0.435 e. The monoisotopic (exact) mass is 474 g/mol. The van der Waals surface area contributed by atoms with Crippen LogP contribution in [0, 0.1) is 5.82 Å². The fraction of sp³-hybridized carbons (Fsp3) is 0.190. The first-order chi connectivity index (χ1) is 15.0. The summed E-state index contributed by atoms with van der Waals surface area (Å²) in [6.45, 7) is 4.83. The molecule has 0 spiro atoms. The van der Waals surface area contributed by atoms with Gasteiger partial charge in [0.2, 0.25) is 0 Å². The Bertz CT molecular complexity index is 1090. The Kier molecular flexibility index (Phi) is 8.23. The fourth-order valence-corrected chi connectivity index (χ4v) is 3.02. The summed E-state index contributed by atoms with van der Waals surface area (Å²) in [5.41, 5.74) is 6.03. The van der Waals surface area contributed by atoms with Gasteiger partial charge in [-0.05, 0) is 31.2 Å². The summed E-state index contributed by atoms with van der Waals surface area (Å²) in [5, 5.41) is 3.51. The van der Waals surface area contributed by atoms with Crippen LogP contribution in [0.2, 0.25) is 0 Å². The van der Waals surface area contributed by atoms with Gasteiger partial charge in [0.15, 0.2) is 11.5 Å². The predicted octanol–water partition coefficient (Wildman–Crippen LogP) is 5.75. The molecule has 1 aromatic carbocycles. The highest BCUT2D eigenvalue weighted by atomic mass is 35.5. The van der Waals surface area contributed by atoms with E-state index in [2.05, 4.69) is 17.2 Å². The second kappa shape index (κ2) is 10.5. The average molecular weight is 475 g/mol. The van der Waals surface area contributed by atoms with E-state index in [0.29, 0.717) is 0 Å². The van der Waals surface area contributed by atoms with E-state index in [4.69, 9.17) is 22.2 Å². The van der Waals surface area contributed by atoms with Crippen LogP contribution in [0.15, 0.2) is 71.3 Å². The highest BCUT2D eigenvalue weighted by Crippen LogP contribution is 2.36. The van der Waals surface area contributed by atoms with Crippen molar-refractivity contribution in [1.29, 1.82) is 0 Å². The lowest BCUT2D eigenvalue weighted by Gasteiger charge is -2.14. The Morgan fingerprint density at radius 3 is 2.59 bits per heavy atom. The molecule has 0 unspecified atom stereocenters. The molecule has 11 heteroatoms. The molecule has 0 bridgehead atoms. The highest BCUT2D eigenvalue weighted by Gasteiger charge is 2.39. The zero-order chi connectivity index (χ0) is 24.1. The minimum Gasteiger partial charge on any atom is -0.406 e. The van der Waals surface area contributed by atoms with Crippen LogP contribution in [0.1, 0.15) is 24.6 Å². The molecule has 172 valence electrons. The zero-order valence-electron chi connectivity index (χ0n) is 17.1. The third kappa shape index (κ3) is 5.98. The summed E-state index contributed by atoms with van der Waals surface area (Å²) >= 11 is 6.04. The maximum absolute atomic E-state index is 13.9. The number of halogens is 6. The van der Waals surface area contributed by atoms with Gasteiger partial charge in [-0.15, -0.1) is 0 Å². The van der Waals surface area contributed by atoms with Crippen molar-refractivity contribution >= 4 is 17.4 Å². The summed E-state index contributed by atoms with van der Waals surface area (Å²) < 4.78 is 69.6. The number of nitrogens with one attached hydrogen (secondary N) is 1. The number of allylic oxidation sites excluding steroid dienone is 5. The minimum atomic E-state index is -4.90. The lowest BCUT2D eigenvalue weighted by molar-refractivity contribution is -0.141. The number of aromatic nitrogens is 2. The Morgan fingerprint density at radius 1 is 1.38 bits per heavy atom. The lowest BCUT2D eigenvalue weighted by atomic mass is 10.1. The quantitative estimate of drug-likeness (QED) is 0.221. The predicted molar refractivity (Wildman–Crippen MR) is 112 cm³/mol. The second-order valence-electron chi connectivity index (χ2n) is 6.38. The standard InChI is InChI=1S/C21H20ClF5N4O/c1-4-6-17(22)15(12(2)23)10-18(28)19(32-29-3)16-11-31(30-20(16)21(25,26)27)14-8-5-7-13(24)9-14/h4-9,11,29H,2,10,28H2,1,3H3/b6-4-,17-15+,19-18+. The van der Waals surface area contributed by atoms with Crippen molar-refractivity contribution in [2.24, 2.45) is 5.73 Å². The molecular formula is C21H20ClF5N4O. The smallest absolute Gasteiger partial charge is 0.406 e. The van der Waals surface area contributed by atoms with E-state index in [9.17, 15) is 22.0 Å². The topological polar surface area (TPSA) is 65.1 Å². The summed E-state index contributed by atoms with van der Waals surface area (Å²) in [4.78, 5) is 5.16. The van der Waals surface area contributed by atoms with Crippen LogP contribution < -0.4 is 11.2 Å². The van der Waals surface area contributed by atoms with Gasteiger partial charge >= 0.3 is 6.18 Å². The van der Waals surface area contributed by atoms with Crippen LogP contribution in [0.4, 0.5) is 22.0 Å². The van der Waals surface area contributed by atoms with Gasteiger partial charge in [-0.25, -0.2) is 13.5 Å². The molecule has 1 aromatic heterocycles. The number of alkyl halides is 3. The van der Waals surface area contributed by atoms with Crippen LogP contribution in [-0.4, -0.2) is 16.8 Å². The number of rotatable bonds is 8. The van der Waals surface area contributed by atoms with Gasteiger partial charge in [-0.1, -0.05) is 30.3 Å². The van der Waals surface area contributed by atoms with Crippen molar-refractivity contribution in [3.05, 3.63) is 88.4 Å². The Morgan fingerprint density at radius 2 is 2.06 bits per heavy atom. The first kappa shape index (κ1) is 25.2. The molecule has 1 heterocycles. The highest BCUT2D eigenvalue weighted by molar-refractivity contribution is 6.31. The minimum absolute atomic E-state index is 0.0294. The maximum atomic E-state index is 13.9. The number of hydrogen-bond acceptors (Lipinski definition) is 4. The Balaban J connectivity index is 2.70. The van der Waals surface area contributed by atoms with Gasteiger partial charge < -0.3 is 10.6 Å². The molecule has 0 aliphatic carbocycles. The first-order valence-corrected chi connectivity index (χ1v) is 9.48. The number of nitrogens with zero attached hydrogens (tertiary/aromatic N) is 2. The normalized spacial score (nSPS) is 13.8. The lowest BCUT2D eigenvalue weighted by Crippen LogP contribution is -2.16. The first-order valence-electron chi connectivity index (χ1n) is 9.11. The van der Waals surface area contributed by atoms with E-state index < -0.39 is 41.3 Å². The van der Waals surface area contributed by atoms with Gasteiger partial charge in [0, 0.05) is 30.3 Å². The molecule has 0 saturated carbocycles. The van der Waals surface area contributed by atoms with E-state index in [1.54, 1.807) is 13.0 Å². The van der Waals surface area contributed by atoms with E-state index in [1.807, 2.05) is 0 Å². The van der Waals surface area contributed by atoms with Gasteiger partial charge in [-0.2, -0.15) is 23.8 Å². The summed E-state index contributed by atoms with van der Waals surface area (Å²) in [7, 11) is 1.30. The molecule has 0 saturated heterocycles. The second-order valence-corrected chi connectivity index (χ2v) is 6.79. The molecule has 2 aromatic rings. The third-order valence-corrected chi connectivity index (χ3v) is 4.45. The molecule has 0 atom stereocenters. The fourth-order valence-electron chi connectivity index (χ4n) is 2.72. The van der Waals surface area contributed by atoms with Gasteiger partial charge in [0.05, 0.1) is 16.9 Å². The van der Waals surface area contributed by atoms with Crippen LogP contribution in [0.5, 0.6) is 0 Å². The van der Waals surface area contributed by atoms with Crippen LogP contribution in [0.25, 0.3) is 11.4 Å². The molecule has 0 fully saturated rings. The third-order valence-electron chi connectivity index (χ3n) is 4.09. The molecular weight excluding hydrogens is 455 g/mol. The molecule has 0 radical (unpaired) electrons. The number of hydrogen-bond donors (Lipinski definition) is 2. The number of hydroxylamine groups is 1. The molecule has 5 nitrogen and oxygen atoms in total. The molecule has 3 N–H and O–H groups in total. The SMILES string of the molecule is C=C(F)/C(C/C(N)=C(\ONC)c1cn(-c2cccc(F)c2)nc1C(F)(F)F)=C(Cl)\C=C/C.